The van der Waals surface area contributed by atoms with Gasteiger partial charge in [-0.2, -0.15) is 0 Å². The third kappa shape index (κ3) is 3.18. The number of carboxylic acid groups (broad SMARTS) is 1. The first-order chi connectivity index (χ1) is 8.66. The quantitative estimate of drug-likeness (QED) is 0.885. The summed E-state index contributed by atoms with van der Waals surface area (Å²) in [4.78, 5) is 23.9. The fourth-order valence-corrected chi connectivity index (χ4v) is 2.87. The van der Waals surface area contributed by atoms with Gasteiger partial charge in [0.05, 0.1) is 5.69 Å². The van der Waals surface area contributed by atoms with Crippen LogP contribution in [0.4, 0.5) is 5.69 Å². The highest BCUT2D eigenvalue weighted by molar-refractivity contribution is 7.12. The Hall–Kier alpha value is -1.66. The molecule has 0 saturated heterocycles. The summed E-state index contributed by atoms with van der Waals surface area (Å²) in [5, 5.41) is 15.2. The van der Waals surface area contributed by atoms with E-state index in [0.717, 1.165) is 16.2 Å². The number of carboxylic acids is 1. The van der Waals surface area contributed by atoms with Crippen molar-refractivity contribution in [1.29, 1.82) is 0 Å². The first-order valence-corrected chi connectivity index (χ1v) is 7.06. The van der Waals surface area contributed by atoms with Crippen molar-refractivity contribution >= 4 is 40.2 Å². The Kier molecular flexibility index (Phi) is 4.11. The largest absolute Gasteiger partial charge is 0.477 e. The van der Waals surface area contributed by atoms with Crippen LogP contribution in [0.3, 0.4) is 0 Å². The average molecular weight is 281 g/mol. The second kappa shape index (κ2) is 5.79. The van der Waals surface area contributed by atoms with Gasteiger partial charge in [-0.1, -0.05) is 6.07 Å². The summed E-state index contributed by atoms with van der Waals surface area (Å²) in [5.74, 6) is -1.18. The molecule has 0 fully saturated rings. The number of nitrogens with one attached hydrogen (secondary N) is 1. The van der Waals surface area contributed by atoms with Gasteiger partial charge in [0.25, 0.3) is 0 Å². The van der Waals surface area contributed by atoms with E-state index in [4.69, 9.17) is 5.11 Å². The smallest absolute Gasteiger partial charge is 0.348 e. The molecular formula is C12H11NO3S2. The number of rotatable bonds is 5. The normalized spacial score (nSPS) is 10.2. The van der Waals surface area contributed by atoms with Crippen LogP contribution in [0.15, 0.2) is 29.0 Å². The molecule has 1 amide bonds. The molecule has 4 nitrogen and oxygen atoms in total. The van der Waals surface area contributed by atoms with Crippen LogP contribution in [0.5, 0.6) is 0 Å². The number of thiophene rings is 2. The Morgan fingerprint density at radius 3 is 2.72 bits per heavy atom. The minimum atomic E-state index is -1.02. The minimum absolute atomic E-state index is 0.163. The van der Waals surface area contributed by atoms with Gasteiger partial charge in [0.1, 0.15) is 4.88 Å². The van der Waals surface area contributed by atoms with Crippen LogP contribution < -0.4 is 5.32 Å². The van der Waals surface area contributed by atoms with Gasteiger partial charge in [-0.05, 0) is 29.3 Å². The first-order valence-electron chi connectivity index (χ1n) is 5.30. The predicted molar refractivity (Wildman–Crippen MR) is 72.5 cm³/mol. The van der Waals surface area contributed by atoms with Gasteiger partial charge in [0.15, 0.2) is 0 Å². The molecule has 0 radical (unpaired) electrons. The summed E-state index contributed by atoms with van der Waals surface area (Å²) in [7, 11) is 0. The number of anilines is 1. The van der Waals surface area contributed by atoms with Gasteiger partial charge in [0.2, 0.25) is 5.91 Å². The molecule has 0 aromatic carbocycles. The molecule has 0 saturated carbocycles. The van der Waals surface area contributed by atoms with Crippen LogP contribution in [0, 0.1) is 0 Å². The Labute approximate surface area is 112 Å². The molecule has 2 aromatic rings. The highest BCUT2D eigenvalue weighted by Crippen LogP contribution is 2.22. The van der Waals surface area contributed by atoms with E-state index in [1.54, 1.807) is 22.8 Å². The summed E-state index contributed by atoms with van der Waals surface area (Å²) in [5.41, 5.74) is 0.378. The maximum Gasteiger partial charge on any atom is 0.348 e. The summed E-state index contributed by atoms with van der Waals surface area (Å²) in [6.07, 6.45) is 1.03. The molecule has 6 heteroatoms. The predicted octanol–water partition coefficient (Wildman–Crippen LogP) is 3.08. The zero-order valence-corrected chi connectivity index (χ0v) is 11.0. The summed E-state index contributed by atoms with van der Waals surface area (Å²) in [6, 6.07) is 5.53. The summed E-state index contributed by atoms with van der Waals surface area (Å²) < 4.78 is 0. The second-order valence-electron chi connectivity index (χ2n) is 3.60. The van der Waals surface area contributed by atoms with Crippen molar-refractivity contribution in [3.05, 3.63) is 38.7 Å². The van der Waals surface area contributed by atoms with Crippen LogP contribution in [-0.4, -0.2) is 17.0 Å². The van der Waals surface area contributed by atoms with Crippen molar-refractivity contribution in [2.45, 2.75) is 12.8 Å². The molecule has 2 heterocycles. The fourth-order valence-electron chi connectivity index (χ4n) is 1.48. The molecule has 0 aliphatic carbocycles. The Morgan fingerprint density at radius 1 is 1.22 bits per heavy atom. The van der Waals surface area contributed by atoms with E-state index >= 15 is 0 Å². The van der Waals surface area contributed by atoms with Gasteiger partial charge in [-0.25, -0.2) is 4.79 Å². The third-order valence-electron chi connectivity index (χ3n) is 2.31. The highest BCUT2D eigenvalue weighted by Gasteiger charge is 2.13. The van der Waals surface area contributed by atoms with Gasteiger partial charge < -0.3 is 10.4 Å². The van der Waals surface area contributed by atoms with E-state index in [9.17, 15) is 9.59 Å². The lowest BCUT2D eigenvalue weighted by Crippen LogP contribution is -2.13. The number of amides is 1. The number of aromatic carboxylic acids is 1. The Balaban J connectivity index is 1.91. The number of hydrogen-bond donors (Lipinski definition) is 2. The average Bonchev–Trinajstić information content (AvgIpc) is 2.96. The van der Waals surface area contributed by atoms with Gasteiger partial charge in [-0.15, -0.1) is 22.7 Å². The number of hydrogen-bond acceptors (Lipinski definition) is 4. The van der Waals surface area contributed by atoms with Crippen molar-refractivity contribution < 1.29 is 14.7 Å². The molecule has 0 spiro atoms. The molecule has 94 valence electrons. The van der Waals surface area contributed by atoms with Gasteiger partial charge in [0, 0.05) is 11.3 Å². The van der Waals surface area contributed by atoms with Crippen LogP contribution in [0.25, 0.3) is 0 Å². The molecule has 0 aliphatic heterocycles. The first kappa shape index (κ1) is 12.8. The van der Waals surface area contributed by atoms with Crippen LogP contribution in [-0.2, 0) is 11.2 Å². The van der Waals surface area contributed by atoms with Crippen LogP contribution >= 0.6 is 22.7 Å². The maximum atomic E-state index is 11.7. The van der Waals surface area contributed by atoms with Crippen molar-refractivity contribution in [2.75, 3.05) is 5.32 Å². The van der Waals surface area contributed by atoms with Crippen molar-refractivity contribution in [2.24, 2.45) is 0 Å². The molecule has 0 aliphatic rings. The highest BCUT2D eigenvalue weighted by atomic mass is 32.1. The van der Waals surface area contributed by atoms with Crippen molar-refractivity contribution in [3.8, 4) is 0 Å². The summed E-state index contributed by atoms with van der Waals surface area (Å²) >= 11 is 2.71. The third-order valence-corrected chi connectivity index (χ3v) is 4.15. The molecular weight excluding hydrogens is 270 g/mol. The number of aryl methyl sites for hydroxylation is 1. The molecule has 0 bridgehead atoms. The van der Waals surface area contributed by atoms with Crippen LogP contribution in [0.2, 0.25) is 0 Å². The number of carbonyl (C=O) groups is 2. The standard InChI is InChI=1S/C12H11NO3S2/c14-10(4-3-8-2-1-6-17-8)13-9-5-7-18-11(9)12(15)16/h1-2,5-7H,3-4H2,(H,13,14)(H,15,16). The van der Waals surface area contributed by atoms with E-state index in [1.165, 1.54) is 0 Å². The van der Waals surface area contributed by atoms with E-state index in [2.05, 4.69) is 5.32 Å². The number of carbonyl (C=O) groups excluding carboxylic acids is 1. The van der Waals surface area contributed by atoms with Gasteiger partial charge in [-0.3, -0.25) is 4.79 Å². The second-order valence-corrected chi connectivity index (χ2v) is 5.54. The lowest BCUT2D eigenvalue weighted by Gasteiger charge is -2.03. The van der Waals surface area contributed by atoms with E-state index < -0.39 is 5.97 Å². The topological polar surface area (TPSA) is 66.4 Å². The van der Waals surface area contributed by atoms with Gasteiger partial charge >= 0.3 is 5.97 Å². The molecule has 0 atom stereocenters. The lowest BCUT2D eigenvalue weighted by atomic mass is 10.2. The molecule has 2 N–H and O–H groups in total. The zero-order chi connectivity index (χ0) is 13.0. The zero-order valence-electron chi connectivity index (χ0n) is 9.38. The molecule has 0 unspecified atom stereocenters. The monoisotopic (exact) mass is 281 g/mol. The minimum Gasteiger partial charge on any atom is -0.477 e. The maximum absolute atomic E-state index is 11.7. The van der Waals surface area contributed by atoms with Crippen LogP contribution in [0.1, 0.15) is 21.0 Å². The lowest BCUT2D eigenvalue weighted by molar-refractivity contribution is -0.116. The fraction of sp³-hybridized carbons (Fsp3) is 0.167. The van der Waals surface area contributed by atoms with E-state index in [0.29, 0.717) is 18.5 Å². The summed E-state index contributed by atoms with van der Waals surface area (Å²) in [6.45, 7) is 0. The Bertz CT molecular complexity index is 545. The van der Waals surface area contributed by atoms with E-state index in [-0.39, 0.29) is 10.8 Å². The SMILES string of the molecule is O=C(CCc1cccs1)Nc1ccsc1C(=O)O. The molecule has 2 aromatic heterocycles. The molecule has 2 rings (SSSR count). The van der Waals surface area contributed by atoms with E-state index in [1.807, 2.05) is 17.5 Å². The molecule has 18 heavy (non-hydrogen) atoms. The van der Waals surface area contributed by atoms with Crippen molar-refractivity contribution in [3.63, 3.8) is 0 Å². The Morgan fingerprint density at radius 2 is 2.06 bits per heavy atom. The van der Waals surface area contributed by atoms with Crippen molar-refractivity contribution in [1.82, 2.24) is 0 Å².